The van der Waals surface area contributed by atoms with Crippen LogP contribution in [0.4, 0.5) is 0 Å². The Labute approximate surface area is 138 Å². The molecule has 0 heterocycles. The molecule has 0 N–H and O–H groups in total. The highest BCUT2D eigenvalue weighted by molar-refractivity contribution is 7.85. The van der Waals surface area contributed by atoms with Crippen LogP contribution in [0.2, 0.25) is 0 Å². The van der Waals surface area contributed by atoms with Crippen LogP contribution in [-0.4, -0.2) is 49.9 Å². The van der Waals surface area contributed by atoms with Crippen LogP contribution in [0.15, 0.2) is 12.2 Å². The Kier molecular flexibility index (Phi) is 15.4. The van der Waals surface area contributed by atoms with Crippen LogP contribution >= 0.6 is 0 Å². The highest BCUT2D eigenvalue weighted by Crippen LogP contribution is 2.10. The van der Waals surface area contributed by atoms with E-state index in [0.717, 1.165) is 0 Å². The van der Waals surface area contributed by atoms with Crippen LogP contribution in [0.1, 0.15) is 66.2 Å². The third-order valence-electron chi connectivity index (χ3n) is 3.69. The molecule has 0 aliphatic heterocycles. The first kappa shape index (κ1) is 23.9. The zero-order chi connectivity index (χ0) is 17.5. The Bertz CT molecular complexity index is 342. The standard InChI is InChI=1S/C13H30N.C4H8O3S/c1-5-8-11-14(4,12-9-6-2)13-10-7-3;1-2-3-4-8(5,6)7/h5-13H2,1-4H3;2-3H,4H2,1H3,(H,5,6,7)/q+1;/p-1/b;3-2+. The Balaban J connectivity index is 0. The molecule has 0 aliphatic rings. The van der Waals surface area contributed by atoms with Crippen molar-refractivity contribution in [2.24, 2.45) is 0 Å². The average Bonchev–Trinajstić information content (AvgIpc) is 2.47. The normalized spacial score (nSPS) is 12.3. The van der Waals surface area contributed by atoms with Gasteiger partial charge in [-0.2, -0.15) is 0 Å². The highest BCUT2D eigenvalue weighted by Gasteiger charge is 2.18. The molecule has 0 aromatic rings. The van der Waals surface area contributed by atoms with Crippen LogP contribution in [0.25, 0.3) is 0 Å². The van der Waals surface area contributed by atoms with Gasteiger partial charge in [0.05, 0.1) is 42.6 Å². The van der Waals surface area contributed by atoms with Crippen molar-refractivity contribution in [2.75, 3.05) is 32.4 Å². The number of nitrogens with zero attached hydrogens (tertiary/aromatic N) is 1. The summed E-state index contributed by atoms with van der Waals surface area (Å²) in [6.07, 6.45) is 11.0. The summed E-state index contributed by atoms with van der Waals surface area (Å²) in [5.74, 6) is -0.399. The van der Waals surface area contributed by atoms with Crippen LogP contribution in [0.5, 0.6) is 0 Å². The number of hydrogen-bond donors (Lipinski definition) is 0. The van der Waals surface area contributed by atoms with Gasteiger partial charge in [-0.05, 0) is 26.2 Å². The van der Waals surface area contributed by atoms with Crippen molar-refractivity contribution in [1.82, 2.24) is 0 Å². The van der Waals surface area contributed by atoms with Gasteiger partial charge in [0, 0.05) is 0 Å². The Morgan fingerprint density at radius 2 is 1.27 bits per heavy atom. The van der Waals surface area contributed by atoms with Crippen molar-refractivity contribution in [2.45, 2.75) is 66.2 Å². The van der Waals surface area contributed by atoms with Crippen molar-refractivity contribution in [3.05, 3.63) is 12.2 Å². The van der Waals surface area contributed by atoms with Gasteiger partial charge in [-0.25, -0.2) is 8.42 Å². The maximum absolute atomic E-state index is 9.78. The van der Waals surface area contributed by atoms with Crippen molar-refractivity contribution in [1.29, 1.82) is 0 Å². The SMILES string of the molecule is C/C=C/CS(=O)(=O)[O-].CCCC[N+](C)(CCCC)CCCC. The van der Waals surface area contributed by atoms with Crippen LogP contribution < -0.4 is 0 Å². The monoisotopic (exact) mass is 335 g/mol. The van der Waals surface area contributed by atoms with E-state index in [9.17, 15) is 13.0 Å². The second kappa shape index (κ2) is 14.2. The molecule has 0 radical (unpaired) electrons. The summed E-state index contributed by atoms with van der Waals surface area (Å²) in [5.41, 5.74) is 0. The number of hydrogen-bond acceptors (Lipinski definition) is 3. The summed E-state index contributed by atoms with van der Waals surface area (Å²) in [6, 6.07) is 0. The molecule has 5 heteroatoms. The van der Waals surface area contributed by atoms with E-state index in [-0.39, 0.29) is 0 Å². The summed E-state index contributed by atoms with van der Waals surface area (Å²) in [5, 5.41) is 0. The minimum absolute atomic E-state index is 0.399. The Morgan fingerprint density at radius 1 is 0.909 bits per heavy atom. The number of unbranched alkanes of at least 4 members (excludes halogenated alkanes) is 3. The van der Waals surface area contributed by atoms with Gasteiger partial charge < -0.3 is 9.04 Å². The molecule has 0 atom stereocenters. The third kappa shape index (κ3) is 17.7. The molecule has 0 fully saturated rings. The maximum Gasteiger partial charge on any atom is 0.0982 e. The summed E-state index contributed by atoms with van der Waals surface area (Å²) < 4.78 is 30.7. The van der Waals surface area contributed by atoms with Crippen LogP contribution in [0, 0.1) is 0 Å². The van der Waals surface area contributed by atoms with Gasteiger partial charge >= 0.3 is 0 Å². The Morgan fingerprint density at radius 3 is 1.45 bits per heavy atom. The first-order chi connectivity index (χ1) is 10.2. The lowest BCUT2D eigenvalue weighted by atomic mass is 10.2. The summed E-state index contributed by atoms with van der Waals surface area (Å²) in [6.45, 7) is 12.7. The Hall–Kier alpha value is -0.390. The molecule has 0 rings (SSSR count). The molecular weight excluding hydrogens is 298 g/mol. The van der Waals surface area contributed by atoms with Crippen LogP contribution in [-0.2, 0) is 10.1 Å². The first-order valence-corrected chi connectivity index (χ1v) is 10.2. The fraction of sp³-hybridized carbons (Fsp3) is 0.882. The van der Waals surface area contributed by atoms with Gasteiger partial charge in [-0.3, -0.25) is 0 Å². The molecule has 134 valence electrons. The van der Waals surface area contributed by atoms with Crippen LogP contribution in [0.3, 0.4) is 0 Å². The summed E-state index contributed by atoms with van der Waals surface area (Å²) in [7, 11) is -1.58. The summed E-state index contributed by atoms with van der Waals surface area (Å²) >= 11 is 0. The molecule has 22 heavy (non-hydrogen) atoms. The van der Waals surface area contributed by atoms with Gasteiger partial charge in [0.15, 0.2) is 0 Å². The van der Waals surface area contributed by atoms with Gasteiger partial charge in [-0.15, -0.1) is 0 Å². The topological polar surface area (TPSA) is 57.2 Å². The number of quaternary nitrogens is 1. The maximum atomic E-state index is 9.78. The molecule has 0 aromatic carbocycles. The molecule has 0 spiro atoms. The lowest BCUT2D eigenvalue weighted by molar-refractivity contribution is -0.910. The van der Waals surface area contributed by atoms with E-state index in [1.807, 2.05) is 0 Å². The molecule has 0 bridgehead atoms. The zero-order valence-electron chi connectivity index (χ0n) is 15.3. The van der Waals surface area contributed by atoms with Crippen molar-refractivity contribution in [3.8, 4) is 0 Å². The lowest BCUT2D eigenvalue weighted by Crippen LogP contribution is -2.46. The van der Waals surface area contributed by atoms with E-state index >= 15 is 0 Å². The molecule has 0 aromatic heterocycles. The molecule has 0 aliphatic carbocycles. The lowest BCUT2D eigenvalue weighted by Gasteiger charge is -2.34. The fourth-order valence-electron chi connectivity index (χ4n) is 2.17. The van der Waals surface area contributed by atoms with E-state index in [1.54, 1.807) is 6.92 Å². The second-order valence-electron chi connectivity index (χ2n) is 6.14. The predicted molar refractivity (Wildman–Crippen MR) is 94.9 cm³/mol. The van der Waals surface area contributed by atoms with Gasteiger partial charge in [0.25, 0.3) is 0 Å². The molecule has 0 amide bonds. The molecule has 0 saturated carbocycles. The fourth-order valence-corrected chi connectivity index (χ4v) is 2.60. The van der Waals surface area contributed by atoms with E-state index in [2.05, 4.69) is 27.8 Å². The van der Waals surface area contributed by atoms with Gasteiger partial charge in [0.1, 0.15) is 0 Å². The number of allylic oxidation sites excluding steroid dienone is 1. The largest absolute Gasteiger partial charge is 0.748 e. The van der Waals surface area contributed by atoms with E-state index in [1.165, 1.54) is 74.8 Å². The third-order valence-corrected chi connectivity index (χ3v) is 4.29. The van der Waals surface area contributed by atoms with E-state index in [0.29, 0.717) is 0 Å². The van der Waals surface area contributed by atoms with Crippen molar-refractivity contribution >= 4 is 10.1 Å². The first-order valence-electron chi connectivity index (χ1n) is 8.62. The molecule has 0 saturated heterocycles. The summed E-state index contributed by atoms with van der Waals surface area (Å²) in [4.78, 5) is 0. The van der Waals surface area contributed by atoms with Crippen molar-refractivity contribution < 1.29 is 17.5 Å². The quantitative estimate of drug-likeness (QED) is 0.326. The van der Waals surface area contributed by atoms with Gasteiger partial charge in [-0.1, -0.05) is 52.2 Å². The van der Waals surface area contributed by atoms with E-state index in [4.69, 9.17) is 0 Å². The second-order valence-corrected chi connectivity index (χ2v) is 7.59. The minimum Gasteiger partial charge on any atom is -0.748 e. The molecular formula is C17H37NO3S. The van der Waals surface area contributed by atoms with Gasteiger partial charge in [0.2, 0.25) is 0 Å². The predicted octanol–water partition coefficient (Wildman–Crippen LogP) is 3.94. The highest BCUT2D eigenvalue weighted by atomic mass is 32.2. The van der Waals surface area contributed by atoms with E-state index < -0.39 is 15.9 Å². The number of rotatable bonds is 11. The zero-order valence-corrected chi connectivity index (χ0v) is 16.1. The smallest absolute Gasteiger partial charge is 0.0982 e. The average molecular weight is 336 g/mol. The minimum atomic E-state index is -4.02. The van der Waals surface area contributed by atoms with Crippen molar-refractivity contribution in [3.63, 3.8) is 0 Å². The molecule has 0 unspecified atom stereocenters. The molecule has 4 nitrogen and oxygen atoms in total.